The standard InChI is InChI=1S/C20H17ClFN3O3S/c1-28-17-7-4-13(21)8-16(17)24-18(26)9-15-10-19(27)25-20(23-15)29-11-12-2-5-14(22)6-3-12/h2-8,10H,9,11H2,1H3,(H,24,26)(H,23,25,27). The van der Waals surface area contributed by atoms with E-state index >= 15 is 0 Å². The first-order valence-corrected chi connectivity index (χ1v) is 9.90. The number of halogens is 2. The van der Waals surface area contributed by atoms with E-state index in [9.17, 15) is 14.0 Å². The number of nitrogens with one attached hydrogen (secondary N) is 2. The van der Waals surface area contributed by atoms with Gasteiger partial charge in [0.25, 0.3) is 5.56 Å². The number of anilines is 1. The largest absolute Gasteiger partial charge is 0.495 e. The summed E-state index contributed by atoms with van der Waals surface area (Å²) in [6.45, 7) is 0. The van der Waals surface area contributed by atoms with Crippen LogP contribution in [0.15, 0.2) is 58.5 Å². The van der Waals surface area contributed by atoms with Crippen LogP contribution in [0.2, 0.25) is 5.02 Å². The average Bonchev–Trinajstić information content (AvgIpc) is 2.67. The number of aromatic nitrogens is 2. The van der Waals surface area contributed by atoms with Crippen LogP contribution in [0.25, 0.3) is 0 Å². The molecule has 29 heavy (non-hydrogen) atoms. The van der Waals surface area contributed by atoms with Crippen LogP contribution < -0.4 is 15.6 Å². The minimum absolute atomic E-state index is 0.0936. The Kier molecular flexibility index (Phi) is 6.90. The fourth-order valence-corrected chi connectivity index (χ4v) is 3.53. The van der Waals surface area contributed by atoms with Gasteiger partial charge in [-0.25, -0.2) is 9.37 Å². The molecule has 0 aliphatic rings. The number of H-pyrrole nitrogens is 1. The summed E-state index contributed by atoms with van der Waals surface area (Å²) in [5.41, 5.74) is 1.29. The van der Waals surface area contributed by atoms with Crippen LogP contribution in [0.3, 0.4) is 0 Å². The van der Waals surface area contributed by atoms with Gasteiger partial charge in [-0.2, -0.15) is 0 Å². The van der Waals surface area contributed by atoms with Crippen LogP contribution >= 0.6 is 23.4 Å². The smallest absolute Gasteiger partial charge is 0.251 e. The van der Waals surface area contributed by atoms with Crippen LogP contribution in [0.4, 0.5) is 10.1 Å². The minimum atomic E-state index is -0.363. The van der Waals surface area contributed by atoms with E-state index < -0.39 is 0 Å². The van der Waals surface area contributed by atoms with Crippen molar-refractivity contribution < 1.29 is 13.9 Å². The summed E-state index contributed by atoms with van der Waals surface area (Å²) in [7, 11) is 1.49. The van der Waals surface area contributed by atoms with Crippen LogP contribution in [0.1, 0.15) is 11.3 Å². The summed E-state index contributed by atoms with van der Waals surface area (Å²) in [6.07, 6.45) is -0.0936. The quantitative estimate of drug-likeness (QED) is 0.434. The van der Waals surface area contributed by atoms with Gasteiger partial charge < -0.3 is 15.0 Å². The normalized spacial score (nSPS) is 10.6. The second-order valence-electron chi connectivity index (χ2n) is 6.03. The number of aromatic amines is 1. The fourth-order valence-electron chi connectivity index (χ4n) is 2.51. The molecule has 0 atom stereocenters. The summed E-state index contributed by atoms with van der Waals surface area (Å²) < 4.78 is 18.2. The van der Waals surface area contributed by atoms with E-state index in [1.54, 1.807) is 30.3 Å². The molecular weight excluding hydrogens is 417 g/mol. The monoisotopic (exact) mass is 433 g/mol. The number of hydrogen-bond donors (Lipinski definition) is 2. The Morgan fingerprint density at radius 3 is 2.72 bits per heavy atom. The Balaban J connectivity index is 1.68. The zero-order valence-corrected chi connectivity index (χ0v) is 16.9. The van der Waals surface area contributed by atoms with Gasteiger partial charge in [-0.3, -0.25) is 9.59 Å². The molecule has 2 aromatic carbocycles. The molecule has 9 heteroatoms. The molecule has 1 heterocycles. The van der Waals surface area contributed by atoms with Crippen molar-refractivity contribution in [3.8, 4) is 5.75 Å². The van der Waals surface area contributed by atoms with Gasteiger partial charge in [0.15, 0.2) is 5.16 Å². The molecule has 1 aromatic heterocycles. The molecule has 0 aliphatic heterocycles. The summed E-state index contributed by atoms with van der Waals surface area (Å²) in [5.74, 6) is 0.295. The van der Waals surface area contributed by atoms with Gasteiger partial charge in [0.05, 0.1) is 24.9 Å². The summed E-state index contributed by atoms with van der Waals surface area (Å²) in [6, 6.07) is 12.2. The SMILES string of the molecule is COc1ccc(Cl)cc1NC(=O)Cc1cc(=O)[nH]c(SCc2ccc(F)cc2)n1. The van der Waals surface area contributed by atoms with Gasteiger partial charge in [0.2, 0.25) is 5.91 Å². The lowest BCUT2D eigenvalue weighted by atomic mass is 10.2. The molecule has 0 spiro atoms. The van der Waals surface area contributed by atoms with Crippen molar-refractivity contribution >= 4 is 35.0 Å². The van der Waals surface area contributed by atoms with E-state index in [2.05, 4.69) is 15.3 Å². The first-order chi connectivity index (χ1) is 13.9. The molecule has 0 saturated carbocycles. The Morgan fingerprint density at radius 1 is 1.24 bits per heavy atom. The Morgan fingerprint density at radius 2 is 2.00 bits per heavy atom. The molecule has 0 aliphatic carbocycles. The number of hydrogen-bond acceptors (Lipinski definition) is 5. The summed E-state index contributed by atoms with van der Waals surface area (Å²) in [5, 5.41) is 3.54. The number of benzene rings is 2. The highest BCUT2D eigenvalue weighted by molar-refractivity contribution is 7.98. The molecule has 0 saturated heterocycles. The first kappa shape index (κ1) is 20.9. The van der Waals surface area contributed by atoms with Gasteiger partial charge in [-0.05, 0) is 35.9 Å². The van der Waals surface area contributed by atoms with E-state index in [1.807, 2.05) is 0 Å². The second kappa shape index (κ2) is 9.58. The minimum Gasteiger partial charge on any atom is -0.495 e. The van der Waals surface area contributed by atoms with Crippen LogP contribution in [-0.4, -0.2) is 23.0 Å². The van der Waals surface area contributed by atoms with Crippen molar-refractivity contribution in [2.75, 3.05) is 12.4 Å². The van der Waals surface area contributed by atoms with Gasteiger partial charge in [0.1, 0.15) is 11.6 Å². The topological polar surface area (TPSA) is 84.1 Å². The van der Waals surface area contributed by atoms with Gasteiger partial charge in [-0.15, -0.1) is 0 Å². The van der Waals surface area contributed by atoms with Crippen molar-refractivity contribution in [3.63, 3.8) is 0 Å². The van der Waals surface area contributed by atoms with Gasteiger partial charge in [-0.1, -0.05) is 35.5 Å². The molecule has 0 bridgehead atoms. The van der Waals surface area contributed by atoms with E-state index in [0.717, 1.165) is 5.56 Å². The predicted octanol–water partition coefficient (Wildman–Crippen LogP) is 4.04. The summed E-state index contributed by atoms with van der Waals surface area (Å²) >= 11 is 7.25. The maximum atomic E-state index is 13.0. The third-order valence-corrected chi connectivity index (χ3v) is 5.02. The van der Waals surface area contributed by atoms with Crippen LogP contribution in [-0.2, 0) is 17.0 Å². The third kappa shape index (κ3) is 6.07. The van der Waals surface area contributed by atoms with E-state index in [0.29, 0.717) is 33.1 Å². The number of nitrogens with zero attached hydrogens (tertiary/aromatic N) is 1. The van der Waals surface area contributed by atoms with Crippen molar-refractivity contribution in [1.82, 2.24) is 9.97 Å². The molecule has 6 nitrogen and oxygen atoms in total. The lowest BCUT2D eigenvalue weighted by Gasteiger charge is -2.10. The highest BCUT2D eigenvalue weighted by Gasteiger charge is 2.12. The van der Waals surface area contributed by atoms with E-state index in [4.69, 9.17) is 16.3 Å². The van der Waals surface area contributed by atoms with Crippen molar-refractivity contribution in [2.24, 2.45) is 0 Å². The second-order valence-corrected chi connectivity index (χ2v) is 7.43. The summed E-state index contributed by atoms with van der Waals surface area (Å²) in [4.78, 5) is 31.3. The molecule has 0 radical (unpaired) electrons. The van der Waals surface area contributed by atoms with Crippen LogP contribution in [0, 0.1) is 5.82 Å². The number of carbonyl (C=O) groups is 1. The molecule has 3 aromatic rings. The van der Waals surface area contributed by atoms with Crippen molar-refractivity contribution in [3.05, 3.63) is 81.0 Å². The fraction of sp³-hybridized carbons (Fsp3) is 0.150. The van der Waals surface area contributed by atoms with E-state index in [1.165, 1.54) is 37.1 Å². The Bertz CT molecular complexity index is 1070. The Hall–Kier alpha value is -2.84. The molecule has 0 fully saturated rings. The number of thioether (sulfide) groups is 1. The highest BCUT2D eigenvalue weighted by atomic mass is 35.5. The maximum absolute atomic E-state index is 13.0. The third-order valence-electron chi connectivity index (χ3n) is 3.84. The highest BCUT2D eigenvalue weighted by Crippen LogP contribution is 2.27. The predicted molar refractivity (Wildman–Crippen MR) is 111 cm³/mol. The number of amides is 1. The molecule has 0 unspecified atom stereocenters. The van der Waals surface area contributed by atoms with Crippen LogP contribution in [0.5, 0.6) is 5.75 Å². The van der Waals surface area contributed by atoms with Crippen molar-refractivity contribution in [2.45, 2.75) is 17.3 Å². The molecule has 3 rings (SSSR count). The maximum Gasteiger partial charge on any atom is 0.251 e. The number of methoxy groups -OCH3 is 1. The Labute approximate surface area is 175 Å². The van der Waals surface area contributed by atoms with Gasteiger partial charge in [0, 0.05) is 16.8 Å². The van der Waals surface area contributed by atoms with E-state index in [-0.39, 0.29) is 23.7 Å². The molecule has 150 valence electrons. The molecular formula is C20H17ClFN3O3S. The molecule has 1 amide bonds. The lowest BCUT2D eigenvalue weighted by Crippen LogP contribution is -2.18. The zero-order chi connectivity index (χ0) is 20.8. The lowest BCUT2D eigenvalue weighted by molar-refractivity contribution is -0.115. The molecule has 2 N–H and O–H groups in total. The van der Waals surface area contributed by atoms with Crippen molar-refractivity contribution in [1.29, 1.82) is 0 Å². The first-order valence-electron chi connectivity index (χ1n) is 8.54. The average molecular weight is 434 g/mol. The number of ether oxygens (including phenoxy) is 1. The van der Waals surface area contributed by atoms with Gasteiger partial charge >= 0.3 is 0 Å². The number of carbonyl (C=O) groups excluding carboxylic acids is 1. The zero-order valence-electron chi connectivity index (χ0n) is 15.4. The number of rotatable bonds is 7.